The van der Waals surface area contributed by atoms with Crippen LogP contribution in [0.1, 0.15) is 25.2 Å². The van der Waals surface area contributed by atoms with Gasteiger partial charge < -0.3 is 10.3 Å². The van der Waals surface area contributed by atoms with Crippen molar-refractivity contribution in [1.29, 1.82) is 0 Å². The van der Waals surface area contributed by atoms with Gasteiger partial charge in [-0.25, -0.2) is 4.39 Å². The molecule has 2 rings (SSSR count). The SMILES string of the molecule is Cc1cc(F)ccc1-c1nnc(CN)n1CC(C)C. The average Bonchev–Trinajstić information content (AvgIpc) is 2.71. The zero-order chi connectivity index (χ0) is 14.0. The third kappa shape index (κ3) is 2.81. The van der Waals surface area contributed by atoms with Gasteiger partial charge in [0.25, 0.3) is 0 Å². The summed E-state index contributed by atoms with van der Waals surface area (Å²) in [5.74, 6) is 1.73. The van der Waals surface area contributed by atoms with Crippen molar-refractivity contribution in [2.24, 2.45) is 11.7 Å². The summed E-state index contributed by atoms with van der Waals surface area (Å²) < 4.78 is 15.2. The molecule has 0 fully saturated rings. The van der Waals surface area contributed by atoms with Crippen LogP contribution in [0.25, 0.3) is 11.4 Å². The first-order valence-corrected chi connectivity index (χ1v) is 6.41. The third-order valence-electron chi connectivity index (χ3n) is 2.99. The van der Waals surface area contributed by atoms with Gasteiger partial charge in [0.2, 0.25) is 0 Å². The van der Waals surface area contributed by atoms with E-state index in [1.165, 1.54) is 12.1 Å². The van der Waals surface area contributed by atoms with Gasteiger partial charge in [0, 0.05) is 12.1 Å². The second-order valence-corrected chi connectivity index (χ2v) is 5.11. The van der Waals surface area contributed by atoms with Crippen LogP contribution in [-0.2, 0) is 13.1 Å². The number of aryl methyl sites for hydroxylation is 1. The van der Waals surface area contributed by atoms with Crippen LogP contribution in [0.2, 0.25) is 0 Å². The summed E-state index contributed by atoms with van der Waals surface area (Å²) in [4.78, 5) is 0. The van der Waals surface area contributed by atoms with E-state index in [-0.39, 0.29) is 5.82 Å². The van der Waals surface area contributed by atoms with E-state index < -0.39 is 0 Å². The molecule has 0 spiro atoms. The van der Waals surface area contributed by atoms with Gasteiger partial charge in [-0.2, -0.15) is 0 Å². The lowest BCUT2D eigenvalue weighted by Crippen LogP contribution is -2.13. The van der Waals surface area contributed by atoms with Crippen molar-refractivity contribution in [3.8, 4) is 11.4 Å². The lowest BCUT2D eigenvalue weighted by molar-refractivity contribution is 0.510. The Morgan fingerprint density at radius 1 is 1.32 bits per heavy atom. The molecule has 4 nitrogen and oxygen atoms in total. The predicted octanol–water partition coefficient (Wildman–Crippen LogP) is 2.51. The highest BCUT2D eigenvalue weighted by Gasteiger charge is 2.15. The van der Waals surface area contributed by atoms with E-state index >= 15 is 0 Å². The number of rotatable bonds is 4. The smallest absolute Gasteiger partial charge is 0.164 e. The Labute approximate surface area is 112 Å². The second-order valence-electron chi connectivity index (χ2n) is 5.11. The van der Waals surface area contributed by atoms with Crippen molar-refractivity contribution >= 4 is 0 Å². The maximum absolute atomic E-state index is 13.2. The van der Waals surface area contributed by atoms with E-state index in [2.05, 4.69) is 24.0 Å². The zero-order valence-corrected chi connectivity index (χ0v) is 11.5. The first kappa shape index (κ1) is 13.7. The fourth-order valence-corrected chi connectivity index (χ4v) is 2.12. The maximum atomic E-state index is 13.2. The quantitative estimate of drug-likeness (QED) is 0.921. The molecular formula is C14H19FN4. The summed E-state index contributed by atoms with van der Waals surface area (Å²) in [5.41, 5.74) is 7.44. The molecule has 2 N–H and O–H groups in total. The van der Waals surface area contributed by atoms with Crippen LogP contribution in [0.5, 0.6) is 0 Å². The highest BCUT2D eigenvalue weighted by atomic mass is 19.1. The predicted molar refractivity (Wildman–Crippen MR) is 72.9 cm³/mol. The lowest BCUT2D eigenvalue weighted by Gasteiger charge is -2.13. The summed E-state index contributed by atoms with van der Waals surface area (Å²) in [7, 11) is 0. The molecule has 0 unspecified atom stereocenters. The molecule has 0 aliphatic heterocycles. The minimum absolute atomic E-state index is 0.241. The molecule has 0 bridgehead atoms. The number of nitrogens with zero attached hydrogens (tertiary/aromatic N) is 3. The van der Waals surface area contributed by atoms with Crippen molar-refractivity contribution in [3.05, 3.63) is 35.4 Å². The molecular weight excluding hydrogens is 243 g/mol. The Kier molecular flexibility index (Phi) is 3.95. The minimum Gasteiger partial charge on any atom is -0.324 e. The fourth-order valence-electron chi connectivity index (χ4n) is 2.12. The highest BCUT2D eigenvalue weighted by molar-refractivity contribution is 5.60. The fraction of sp³-hybridized carbons (Fsp3) is 0.429. The van der Waals surface area contributed by atoms with Crippen molar-refractivity contribution in [2.45, 2.75) is 33.9 Å². The van der Waals surface area contributed by atoms with E-state index in [1.54, 1.807) is 6.07 Å². The van der Waals surface area contributed by atoms with Gasteiger partial charge in [0.05, 0.1) is 6.54 Å². The molecule has 0 saturated carbocycles. The second kappa shape index (κ2) is 5.48. The number of aromatic nitrogens is 3. The van der Waals surface area contributed by atoms with Gasteiger partial charge in [0.15, 0.2) is 5.82 Å². The largest absolute Gasteiger partial charge is 0.324 e. The van der Waals surface area contributed by atoms with Crippen LogP contribution in [0.15, 0.2) is 18.2 Å². The standard InChI is InChI=1S/C14H19FN4/c1-9(2)8-19-13(7-16)17-18-14(19)12-5-4-11(15)6-10(12)3/h4-6,9H,7-8,16H2,1-3H3. The number of halogens is 1. The summed E-state index contributed by atoms with van der Waals surface area (Å²) in [6, 6.07) is 4.69. The van der Waals surface area contributed by atoms with Gasteiger partial charge in [-0.3, -0.25) is 0 Å². The van der Waals surface area contributed by atoms with Crippen molar-refractivity contribution in [1.82, 2.24) is 14.8 Å². The number of hydrogen-bond donors (Lipinski definition) is 1. The van der Waals surface area contributed by atoms with Gasteiger partial charge in [-0.05, 0) is 36.6 Å². The number of benzene rings is 1. The Balaban J connectivity index is 2.52. The minimum atomic E-state index is -0.241. The molecule has 0 radical (unpaired) electrons. The van der Waals surface area contributed by atoms with Crippen LogP contribution in [0.3, 0.4) is 0 Å². The number of nitrogens with two attached hydrogens (primary N) is 1. The summed E-state index contributed by atoms with van der Waals surface area (Å²) in [5, 5.41) is 8.33. The van der Waals surface area contributed by atoms with Gasteiger partial charge in [0.1, 0.15) is 11.6 Å². The zero-order valence-electron chi connectivity index (χ0n) is 11.5. The molecule has 0 amide bonds. The molecule has 1 heterocycles. The van der Waals surface area contributed by atoms with Gasteiger partial charge >= 0.3 is 0 Å². The monoisotopic (exact) mass is 262 g/mol. The topological polar surface area (TPSA) is 56.7 Å². The Morgan fingerprint density at radius 2 is 2.05 bits per heavy atom. The lowest BCUT2D eigenvalue weighted by atomic mass is 10.1. The molecule has 0 atom stereocenters. The van der Waals surface area contributed by atoms with Gasteiger partial charge in [-0.15, -0.1) is 10.2 Å². The van der Waals surface area contributed by atoms with Crippen LogP contribution in [0.4, 0.5) is 4.39 Å². The van der Waals surface area contributed by atoms with Crippen LogP contribution in [0, 0.1) is 18.7 Å². The van der Waals surface area contributed by atoms with E-state index in [4.69, 9.17) is 5.73 Å². The Morgan fingerprint density at radius 3 is 2.63 bits per heavy atom. The summed E-state index contributed by atoms with van der Waals surface area (Å²) in [6.07, 6.45) is 0. The molecule has 0 aliphatic rings. The average molecular weight is 262 g/mol. The van der Waals surface area contributed by atoms with Crippen molar-refractivity contribution in [2.75, 3.05) is 0 Å². The normalized spacial score (nSPS) is 11.3. The summed E-state index contributed by atoms with van der Waals surface area (Å²) in [6.45, 7) is 7.27. The molecule has 0 saturated heterocycles. The van der Waals surface area contributed by atoms with E-state index in [1.807, 2.05) is 11.5 Å². The van der Waals surface area contributed by atoms with Crippen molar-refractivity contribution in [3.63, 3.8) is 0 Å². The summed E-state index contributed by atoms with van der Waals surface area (Å²) >= 11 is 0. The van der Waals surface area contributed by atoms with E-state index in [0.717, 1.165) is 29.3 Å². The molecule has 102 valence electrons. The van der Waals surface area contributed by atoms with Crippen LogP contribution >= 0.6 is 0 Å². The van der Waals surface area contributed by atoms with Gasteiger partial charge in [-0.1, -0.05) is 13.8 Å². The molecule has 2 aromatic rings. The Hall–Kier alpha value is -1.75. The van der Waals surface area contributed by atoms with Crippen molar-refractivity contribution < 1.29 is 4.39 Å². The highest BCUT2D eigenvalue weighted by Crippen LogP contribution is 2.24. The molecule has 0 aliphatic carbocycles. The third-order valence-corrected chi connectivity index (χ3v) is 2.99. The molecule has 19 heavy (non-hydrogen) atoms. The number of hydrogen-bond acceptors (Lipinski definition) is 3. The molecule has 1 aromatic carbocycles. The first-order valence-electron chi connectivity index (χ1n) is 6.41. The maximum Gasteiger partial charge on any atom is 0.164 e. The molecule has 5 heteroatoms. The molecule has 1 aromatic heterocycles. The van der Waals surface area contributed by atoms with Crippen LogP contribution in [-0.4, -0.2) is 14.8 Å². The van der Waals surface area contributed by atoms with Crippen LogP contribution < -0.4 is 5.73 Å². The Bertz CT molecular complexity index is 575. The van der Waals surface area contributed by atoms with E-state index in [0.29, 0.717) is 12.5 Å². The first-order chi connectivity index (χ1) is 9.02. The van der Waals surface area contributed by atoms with E-state index in [9.17, 15) is 4.39 Å².